The summed E-state index contributed by atoms with van der Waals surface area (Å²) >= 11 is 4.30. The Morgan fingerprint density at radius 1 is 1.23 bits per heavy atom. The molecule has 1 aliphatic carbocycles. The van der Waals surface area contributed by atoms with Gasteiger partial charge in [-0.25, -0.2) is 19.7 Å². The lowest BCUT2D eigenvalue weighted by Gasteiger charge is -2.11. The number of hydrogen-bond acceptors (Lipinski definition) is 9. The van der Waals surface area contributed by atoms with E-state index in [1.807, 2.05) is 13.8 Å². The molecule has 0 unspecified atom stereocenters. The van der Waals surface area contributed by atoms with Crippen LogP contribution < -0.4 is 5.32 Å². The van der Waals surface area contributed by atoms with Crippen molar-refractivity contribution in [1.82, 2.24) is 15.0 Å². The molecule has 0 saturated heterocycles. The Kier molecular flexibility index (Phi) is 6.88. The lowest BCUT2D eigenvalue weighted by molar-refractivity contribution is -0.113. The lowest BCUT2D eigenvalue weighted by atomic mass is 9.97. The van der Waals surface area contributed by atoms with Gasteiger partial charge in [0.25, 0.3) is 0 Å². The van der Waals surface area contributed by atoms with Gasteiger partial charge in [-0.2, -0.15) is 0 Å². The second-order valence-electron chi connectivity index (χ2n) is 7.83. The normalized spacial score (nSPS) is 13.4. The maximum atomic E-state index is 12.5. The van der Waals surface area contributed by atoms with Crippen molar-refractivity contribution in [3.63, 3.8) is 0 Å². The minimum Gasteiger partial charge on any atom is -0.461 e. The number of esters is 1. The Morgan fingerprint density at radius 3 is 2.84 bits per heavy atom. The molecule has 7 nitrogen and oxygen atoms in total. The van der Waals surface area contributed by atoms with E-state index in [0.717, 1.165) is 39.4 Å². The molecule has 0 radical (unpaired) electrons. The summed E-state index contributed by atoms with van der Waals surface area (Å²) in [5, 5.41) is 5.17. The van der Waals surface area contributed by atoms with Crippen molar-refractivity contribution in [2.24, 2.45) is 5.92 Å². The first-order valence-corrected chi connectivity index (χ1v) is 12.9. The number of ether oxygens (including phenoxy) is 1. The first-order chi connectivity index (χ1) is 14.9. The van der Waals surface area contributed by atoms with Gasteiger partial charge < -0.3 is 10.1 Å². The third kappa shape index (κ3) is 5.07. The minimum atomic E-state index is -0.399. The van der Waals surface area contributed by atoms with Gasteiger partial charge in [0, 0.05) is 10.3 Å². The molecule has 31 heavy (non-hydrogen) atoms. The summed E-state index contributed by atoms with van der Waals surface area (Å²) in [6, 6.07) is 0. The van der Waals surface area contributed by atoms with E-state index in [1.165, 1.54) is 35.0 Å². The second kappa shape index (κ2) is 9.62. The smallest absolute Gasteiger partial charge is 0.350 e. The number of rotatable bonds is 7. The topological polar surface area (TPSA) is 94.1 Å². The molecule has 3 aromatic rings. The zero-order valence-corrected chi connectivity index (χ0v) is 20.1. The number of nitrogens with zero attached hydrogens (tertiary/aromatic N) is 3. The Hall–Kier alpha value is -2.04. The summed E-state index contributed by atoms with van der Waals surface area (Å²) in [6.07, 6.45) is 6.13. The molecule has 0 bridgehead atoms. The van der Waals surface area contributed by atoms with Gasteiger partial charge >= 0.3 is 5.97 Å². The quantitative estimate of drug-likeness (QED) is 0.295. The maximum absolute atomic E-state index is 12.5. The number of anilines is 1. The number of nitrogens with one attached hydrogen (secondary N) is 1. The highest BCUT2D eigenvalue weighted by molar-refractivity contribution is 8.00. The number of carbonyl (C=O) groups is 2. The van der Waals surface area contributed by atoms with Crippen LogP contribution in [0, 0.1) is 12.8 Å². The highest BCUT2D eigenvalue weighted by atomic mass is 32.2. The number of carbonyl (C=O) groups excluding carboxylic acids is 2. The number of hydrogen-bond donors (Lipinski definition) is 1. The fourth-order valence-electron chi connectivity index (χ4n) is 3.41. The van der Waals surface area contributed by atoms with E-state index in [0.29, 0.717) is 22.3 Å². The molecule has 0 aromatic carbocycles. The summed E-state index contributed by atoms with van der Waals surface area (Å²) in [5.41, 5.74) is 1.92. The van der Waals surface area contributed by atoms with Gasteiger partial charge in [0.15, 0.2) is 5.13 Å². The van der Waals surface area contributed by atoms with Crippen LogP contribution in [-0.4, -0.2) is 39.2 Å². The van der Waals surface area contributed by atoms with Crippen LogP contribution in [-0.2, 0) is 22.4 Å². The van der Waals surface area contributed by atoms with Crippen molar-refractivity contribution < 1.29 is 14.3 Å². The van der Waals surface area contributed by atoms with E-state index in [-0.39, 0.29) is 17.6 Å². The highest BCUT2D eigenvalue weighted by Gasteiger charge is 2.21. The molecule has 0 aliphatic heterocycles. The molecule has 0 atom stereocenters. The zero-order chi connectivity index (χ0) is 22.0. The summed E-state index contributed by atoms with van der Waals surface area (Å²) in [5.74, 6) is -0.112. The average Bonchev–Trinajstić information content (AvgIpc) is 3.30. The molecule has 4 rings (SSSR count). The number of aromatic nitrogens is 3. The van der Waals surface area contributed by atoms with Gasteiger partial charge in [0.05, 0.1) is 18.1 Å². The molecular formula is C21H24N4O3S3. The van der Waals surface area contributed by atoms with Crippen molar-refractivity contribution >= 4 is 61.7 Å². The fraction of sp³-hybridized carbons (Fsp3) is 0.476. The Morgan fingerprint density at radius 2 is 2.03 bits per heavy atom. The first kappa shape index (κ1) is 22.2. The van der Waals surface area contributed by atoms with Crippen LogP contribution in [0.4, 0.5) is 5.13 Å². The van der Waals surface area contributed by atoms with Gasteiger partial charge in [0.2, 0.25) is 5.91 Å². The number of aryl methyl sites for hydroxylation is 3. The predicted octanol–water partition coefficient (Wildman–Crippen LogP) is 4.88. The van der Waals surface area contributed by atoms with Gasteiger partial charge in [-0.1, -0.05) is 36.9 Å². The molecule has 1 aliphatic rings. The van der Waals surface area contributed by atoms with Crippen molar-refractivity contribution in [3.8, 4) is 0 Å². The number of amides is 1. The van der Waals surface area contributed by atoms with Crippen LogP contribution >= 0.6 is 34.4 Å². The molecule has 1 N–H and O–H groups in total. The van der Waals surface area contributed by atoms with Crippen molar-refractivity contribution in [2.75, 3.05) is 17.7 Å². The van der Waals surface area contributed by atoms with Crippen LogP contribution in [0.1, 0.15) is 52.5 Å². The number of thiazole rings is 1. The van der Waals surface area contributed by atoms with E-state index in [1.54, 1.807) is 24.6 Å². The van der Waals surface area contributed by atoms with Crippen LogP contribution in [0.5, 0.6) is 0 Å². The van der Waals surface area contributed by atoms with E-state index in [9.17, 15) is 9.59 Å². The molecule has 0 saturated carbocycles. The SMILES string of the molecule is Cc1nc(NC(=O)CSc2ncnc3sc4c(c23)CCCC4)sc1C(=O)OCC(C)C. The van der Waals surface area contributed by atoms with Crippen LogP contribution in [0.2, 0.25) is 0 Å². The van der Waals surface area contributed by atoms with E-state index in [2.05, 4.69) is 20.3 Å². The number of fused-ring (bicyclic) bond motifs is 3. The third-order valence-corrected chi connectivity index (χ3v) is 8.07. The van der Waals surface area contributed by atoms with Crippen LogP contribution in [0.25, 0.3) is 10.2 Å². The van der Waals surface area contributed by atoms with Crippen molar-refractivity contribution in [1.29, 1.82) is 0 Å². The summed E-state index contributed by atoms with van der Waals surface area (Å²) < 4.78 is 5.27. The van der Waals surface area contributed by atoms with Gasteiger partial charge in [-0.05, 0) is 44.1 Å². The predicted molar refractivity (Wildman–Crippen MR) is 125 cm³/mol. The Balaban J connectivity index is 1.41. The van der Waals surface area contributed by atoms with E-state index >= 15 is 0 Å². The molecule has 3 aromatic heterocycles. The van der Waals surface area contributed by atoms with Gasteiger partial charge in [0.1, 0.15) is 21.1 Å². The highest BCUT2D eigenvalue weighted by Crippen LogP contribution is 2.39. The fourth-order valence-corrected chi connectivity index (χ4v) is 6.40. The summed E-state index contributed by atoms with van der Waals surface area (Å²) in [6.45, 7) is 6.05. The molecule has 1 amide bonds. The molecule has 0 fully saturated rings. The average molecular weight is 477 g/mol. The largest absolute Gasteiger partial charge is 0.461 e. The van der Waals surface area contributed by atoms with Crippen LogP contribution in [0.15, 0.2) is 11.4 Å². The standard InChI is InChI=1S/C21H24N4O3S3/c1-11(2)8-28-20(27)17-12(3)24-21(31-17)25-15(26)9-29-18-16-13-6-4-5-7-14(13)30-19(16)23-10-22-18/h10-11H,4-9H2,1-3H3,(H,24,25,26). The van der Waals surface area contributed by atoms with Gasteiger partial charge in [-0.15, -0.1) is 11.3 Å². The molecular weight excluding hydrogens is 452 g/mol. The molecule has 3 heterocycles. The third-order valence-electron chi connectivity index (χ3n) is 4.83. The maximum Gasteiger partial charge on any atom is 0.350 e. The summed E-state index contributed by atoms with van der Waals surface area (Å²) in [7, 11) is 0. The van der Waals surface area contributed by atoms with E-state index in [4.69, 9.17) is 4.74 Å². The Bertz CT molecular complexity index is 1120. The molecule has 164 valence electrons. The summed E-state index contributed by atoms with van der Waals surface area (Å²) in [4.78, 5) is 40.8. The van der Waals surface area contributed by atoms with Crippen molar-refractivity contribution in [3.05, 3.63) is 27.3 Å². The minimum absolute atomic E-state index is 0.184. The molecule has 0 spiro atoms. The first-order valence-electron chi connectivity index (χ1n) is 10.2. The second-order valence-corrected chi connectivity index (χ2v) is 10.9. The molecule has 10 heteroatoms. The van der Waals surface area contributed by atoms with E-state index < -0.39 is 5.97 Å². The number of thioether (sulfide) groups is 1. The Labute approximate surface area is 193 Å². The van der Waals surface area contributed by atoms with Gasteiger partial charge in [-0.3, -0.25) is 4.79 Å². The monoisotopic (exact) mass is 476 g/mol. The number of thiophene rings is 1. The van der Waals surface area contributed by atoms with Crippen LogP contribution in [0.3, 0.4) is 0 Å². The lowest BCUT2D eigenvalue weighted by Crippen LogP contribution is -2.14. The zero-order valence-electron chi connectivity index (χ0n) is 17.7. The van der Waals surface area contributed by atoms with Crippen molar-refractivity contribution in [2.45, 2.75) is 51.5 Å².